The van der Waals surface area contributed by atoms with Crippen molar-refractivity contribution in [2.45, 2.75) is 6.10 Å². The van der Waals surface area contributed by atoms with Crippen LogP contribution in [0.1, 0.15) is 5.56 Å². The van der Waals surface area contributed by atoms with Crippen molar-refractivity contribution in [3.63, 3.8) is 0 Å². The van der Waals surface area contributed by atoms with Gasteiger partial charge in [0, 0.05) is 0 Å². The highest BCUT2D eigenvalue weighted by atomic mass is 16.6. The fraction of sp³-hybridized carbons (Fsp3) is 0.300. The summed E-state index contributed by atoms with van der Waals surface area (Å²) in [6.45, 7) is 4.29. The number of hydrogen-bond acceptors (Lipinski definition) is 2. The van der Waals surface area contributed by atoms with Gasteiger partial charge in [0.15, 0.2) is 6.61 Å². The molecule has 1 saturated heterocycles. The molecular formula is C10H10O2. The Morgan fingerprint density at radius 2 is 2.17 bits per heavy atom. The minimum Gasteiger partial charge on any atom is -0.371 e. The topological polar surface area (TPSA) is 21.8 Å². The second-order valence-corrected chi connectivity index (χ2v) is 2.73. The molecule has 2 nitrogen and oxygen atoms in total. The van der Waals surface area contributed by atoms with Crippen LogP contribution in [0.5, 0.6) is 0 Å². The highest BCUT2D eigenvalue weighted by molar-refractivity contribution is 5.19. The van der Waals surface area contributed by atoms with Gasteiger partial charge in [-0.1, -0.05) is 30.3 Å². The molecule has 1 fully saturated rings. The number of epoxide rings is 1. The molecule has 1 aromatic rings. The van der Waals surface area contributed by atoms with Crippen molar-refractivity contribution in [2.75, 3.05) is 13.2 Å². The van der Waals surface area contributed by atoms with Gasteiger partial charge in [-0.3, -0.25) is 0 Å². The predicted molar refractivity (Wildman–Crippen MR) is 44.5 cm³/mol. The summed E-state index contributed by atoms with van der Waals surface area (Å²) in [6.07, 6.45) is 0.307. The molecule has 2 heteroatoms. The highest BCUT2D eigenvalue weighted by Crippen LogP contribution is 2.10. The van der Waals surface area contributed by atoms with Crippen molar-refractivity contribution >= 4 is 0 Å². The van der Waals surface area contributed by atoms with E-state index in [1.807, 2.05) is 30.3 Å². The maximum Gasteiger partial charge on any atom is 0.166 e. The van der Waals surface area contributed by atoms with Gasteiger partial charge in [0.2, 0.25) is 0 Å². The third kappa shape index (κ3) is 2.32. The van der Waals surface area contributed by atoms with Gasteiger partial charge in [0.25, 0.3) is 0 Å². The molecule has 62 valence electrons. The molecule has 0 saturated carbocycles. The summed E-state index contributed by atoms with van der Waals surface area (Å²) >= 11 is 0. The van der Waals surface area contributed by atoms with E-state index in [9.17, 15) is 0 Å². The average molecular weight is 162 g/mol. The molecule has 1 unspecified atom stereocenters. The Balaban J connectivity index is 1.72. The summed E-state index contributed by atoms with van der Waals surface area (Å²) in [7, 11) is 0. The lowest BCUT2D eigenvalue weighted by atomic mass is 10.2. The monoisotopic (exact) mass is 162 g/mol. The van der Waals surface area contributed by atoms with Crippen LogP contribution in [0, 0.1) is 6.61 Å². The predicted octanol–water partition coefficient (Wildman–Crippen LogP) is 1.49. The van der Waals surface area contributed by atoms with Crippen LogP contribution >= 0.6 is 0 Å². The minimum absolute atomic E-state index is 0.307. The van der Waals surface area contributed by atoms with Crippen LogP contribution in [0.15, 0.2) is 30.3 Å². The zero-order valence-corrected chi connectivity index (χ0v) is 6.69. The summed E-state index contributed by atoms with van der Waals surface area (Å²) in [5.74, 6) is 0. The molecule has 0 amide bonds. The molecule has 0 N–H and O–H groups in total. The van der Waals surface area contributed by atoms with Crippen LogP contribution in [-0.2, 0) is 9.47 Å². The second-order valence-electron chi connectivity index (χ2n) is 2.73. The van der Waals surface area contributed by atoms with E-state index in [2.05, 4.69) is 6.61 Å². The summed E-state index contributed by atoms with van der Waals surface area (Å²) < 4.78 is 10.2. The number of ether oxygens (including phenoxy) is 2. The third-order valence-electron chi connectivity index (χ3n) is 1.64. The van der Waals surface area contributed by atoms with E-state index in [0.717, 1.165) is 12.2 Å². The molecule has 1 aliphatic rings. The zero-order chi connectivity index (χ0) is 8.23. The largest absolute Gasteiger partial charge is 0.371 e. The minimum atomic E-state index is 0.307. The first-order valence-electron chi connectivity index (χ1n) is 3.99. The first-order valence-corrected chi connectivity index (χ1v) is 3.99. The van der Waals surface area contributed by atoms with Crippen molar-refractivity contribution in [3.8, 4) is 0 Å². The Bertz CT molecular complexity index is 229. The van der Waals surface area contributed by atoms with Crippen LogP contribution in [0.4, 0.5) is 0 Å². The molecule has 1 aromatic carbocycles. The molecule has 0 spiro atoms. The van der Waals surface area contributed by atoms with Crippen LogP contribution in [0.2, 0.25) is 0 Å². The Hall–Kier alpha value is -0.860. The number of hydrogen-bond donors (Lipinski definition) is 0. The van der Waals surface area contributed by atoms with Gasteiger partial charge in [0.05, 0.1) is 13.2 Å². The second kappa shape index (κ2) is 3.70. The molecule has 0 aromatic heterocycles. The van der Waals surface area contributed by atoms with Gasteiger partial charge >= 0.3 is 0 Å². The zero-order valence-electron chi connectivity index (χ0n) is 6.69. The van der Waals surface area contributed by atoms with Crippen molar-refractivity contribution in [1.29, 1.82) is 0 Å². The smallest absolute Gasteiger partial charge is 0.166 e. The summed E-state index contributed by atoms with van der Waals surface area (Å²) in [6, 6.07) is 9.79. The highest BCUT2D eigenvalue weighted by Gasteiger charge is 2.22. The van der Waals surface area contributed by atoms with E-state index in [1.54, 1.807) is 0 Å². The van der Waals surface area contributed by atoms with Gasteiger partial charge in [-0.05, 0) is 5.56 Å². The molecule has 1 atom stereocenters. The molecule has 12 heavy (non-hydrogen) atoms. The molecule has 2 radical (unpaired) electrons. The van der Waals surface area contributed by atoms with E-state index in [1.165, 1.54) is 0 Å². The lowest BCUT2D eigenvalue weighted by molar-refractivity contribution is 0.183. The van der Waals surface area contributed by atoms with E-state index in [-0.39, 0.29) is 0 Å². The van der Waals surface area contributed by atoms with Crippen LogP contribution < -0.4 is 0 Å². The molecule has 1 heterocycles. The summed E-state index contributed by atoms with van der Waals surface area (Å²) in [4.78, 5) is 0. The van der Waals surface area contributed by atoms with E-state index >= 15 is 0 Å². The normalized spacial score (nSPS) is 20.8. The van der Waals surface area contributed by atoms with Crippen LogP contribution in [-0.4, -0.2) is 19.3 Å². The van der Waals surface area contributed by atoms with Crippen molar-refractivity contribution in [2.24, 2.45) is 0 Å². The standard InChI is InChI=1S/C10H10O2/c1-2-4-9(5-3-1)6-11-7-10-8-12-10/h1-5,10H,7-8H2. The fourth-order valence-corrected chi connectivity index (χ4v) is 0.888. The van der Waals surface area contributed by atoms with E-state index in [4.69, 9.17) is 9.47 Å². The first kappa shape index (κ1) is 7.77. The van der Waals surface area contributed by atoms with Gasteiger partial charge in [-0.15, -0.1) is 0 Å². The molecule has 0 aliphatic carbocycles. The van der Waals surface area contributed by atoms with Gasteiger partial charge in [-0.25, -0.2) is 0 Å². The first-order chi connectivity index (χ1) is 5.95. The van der Waals surface area contributed by atoms with Crippen LogP contribution in [0.25, 0.3) is 0 Å². The third-order valence-corrected chi connectivity index (χ3v) is 1.64. The van der Waals surface area contributed by atoms with Gasteiger partial charge < -0.3 is 9.47 Å². The van der Waals surface area contributed by atoms with E-state index < -0.39 is 0 Å². The molecule has 2 rings (SSSR count). The summed E-state index contributed by atoms with van der Waals surface area (Å²) in [5, 5.41) is 0. The Morgan fingerprint density at radius 1 is 1.42 bits per heavy atom. The Kier molecular flexibility index (Phi) is 2.39. The SMILES string of the molecule is [C](OCC1CO1)c1ccccc1. The van der Waals surface area contributed by atoms with Crippen molar-refractivity contribution in [3.05, 3.63) is 42.5 Å². The molecular weight excluding hydrogens is 152 g/mol. The lowest BCUT2D eigenvalue weighted by Gasteiger charge is -1.98. The Labute approximate surface area is 72.1 Å². The average Bonchev–Trinajstić information content (AvgIpc) is 2.90. The number of rotatable bonds is 4. The van der Waals surface area contributed by atoms with Crippen molar-refractivity contribution in [1.82, 2.24) is 0 Å². The lowest BCUT2D eigenvalue weighted by Crippen LogP contribution is -1.99. The van der Waals surface area contributed by atoms with Gasteiger partial charge in [0.1, 0.15) is 6.10 Å². The van der Waals surface area contributed by atoms with E-state index in [0.29, 0.717) is 12.7 Å². The fourth-order valence-electron chi connectivity index (χ4n) is 0.888. The number of benzene rings is 1. The maximum absolute atomic E-state index is 5.17. The summed E-state index contributed by atoms with van der Waals surface area (Å²) in [5.41, 5.74) is 0.971. The molecule has 0 bridgehead atoms. The quantitative estimate of drug-likeness (QED) is 0.625. The Morgan fingerprint density at radius 3 is 2.83 bits per heavy atom. The molecule has 1 aliphatic heterocycles. The van der Waals surface area contributed by atoms with Crippen LogP contribution in [0.3, 0.4) is 0 Å². The maximum atomic E-state index is 5.17. The van der Waals surface area contributed by atoms with Gasteiger partial charge in [-0.2, -0.15) is 0 Å². The van der Waals surface area contributed by atoms with Crippen molar-refractivity contribution < 1.29 is 9.47 Å².